The Labute approximate surface area is 170 Å². The van der Waals surface area contributed by atoms with Gasteiger partial charge in [0, 0.05) is 4.88 Å². The topological polar surface area (TPSA) is 87.2 Å². The van der Waals surface area contributed by atoms with Crippen LogP contribution in [0.15, 0.2) is 34.2 Å². The predicted molar refractivity (Wildman–Crippen MR) is 113 cm³/mol. The summed E-state index contributed by atoms with van der Waals surface area (Å²) in [6.07, 6.45) is 2.95. The van der Waals surface area contributed by atoms with Crippen LogP contribution in [0.25, 0.3) is 15.9 Å². The Morgan fingerprint density at radius 3 is 2.96 bits per heavy atom. The van der Waals surface area contributed by atoms with Gasteiger partial charge < -0.3 is 10.5 Å². The number of primary amides is 1. The van der Waals surface area contributed by atoms with Crippen molar-refractivity contribution in [1.82, 2.24) is 9.55 Å². The van der Waals surface area contributed by atoms with E-state index in [1.807, 2.05) is 18.2 Å². The molecule has 8 heteroatoms. The largest absolute Gasteiger partial charge is 0.495 e. The number of fused-ring (bicyclic) bond motifs is 3. The van der Waals surface area contributed by atoms with Crippen LogP contribution >= 0.6 is 23.1 Å². The van der Waals surface area contributed by atoms with Crippen LogP contribution in [0, 0.1) is 5.92 Å². The van der Waals surface area contributed by atoms with Crippen LogP contribution in [0.2, 0.25) is 0 Å². The molecule has 0 saturated carbocycles. The van der Waals surface area contributed by atoms with Gasteiger partial charge in [-0.2, -0.15) is 0 Å². The van der Waals surface area contributed by atoms with E-state index in [0.29, 0.717) is 27.9 Å². The van der Waals surface area contributed by atoms with E-state index >= 15 is 0 Å². The highest BCUT2D eigenvalue weighted by atomic mass is 32.2. The Morgan fingerprint density at radius 1 is 1.43 bits per heavy atom. The number of methoxy groups -OCH3 is 1. The van der Waals surface area contributed by atoms with Gasteiger partial charge in [-0.25, -0.2) is 4.98 Å². The summed E-state index contributed by atoms with van der Waals surface area (Å²) in [7, 11) is 1.57. The summed E-state index contributed by atoms with van der Waals surface area (Å²) in [5, 5.41) is 1.15. The predicted octanol–water partition coefficient (Wildman–Crippen LogP) is 3.16. The molecular weight excluding hydrogens is 394 g/mol. The normalized spacial score (nSPS) is 16.1. The molecule has 0 saturated heterocycles. The summed E-state index contributed by atoms with van der Waals surface area (Å²) in [5.41, 5.74) is 6.96. The zero-order chi connectivity index (χ0) is 19.8. The second-order valence-corrected chi connectivity index (χ2v) is 9.02. The summed E-state index contributed by atoms with van der Waals surface area (Å²) in [4.78, 5) is 31.7. The number of nitrogens with zero attached hydrogens (tertiary/aromatic N) is 2. The molecule has 28 heavy (non-hydrogen) atoms. The van der Waals surface area contributed by atoms with Crippen LogP contribution in [0.3, 0.4) is 0 Å². The van der Waals surface area contributed by atoms with Crippen molar-refractivity contribution in [3.05, 3.63) is 45.1 Å². The van der Waals surface area contributed by atoms with Gasteiger partial charge >= 0.3 is 0 Å². The summed E-state index contributed by atoms with van der Waals surface area (Å²) in [5.74, 6) is 0.783. The Hall–Kier alpha value is -2.32. The standard InChI is InChI=1S/C20H21N3O3S2/c1-11-7-8-12-15(9-11)28-18-17(12)19(25)23(20(22-18)27-10-16(21)24)13-5-3-4-6-14(13)26-2/h3-6,11H,7-10H2,1-2H3,(H2,21,24)/t11-/m1/s1. The fraction of sp³-hybridized carbons (Fsp3) is 0.350. The van der Waals surface area contributed by atoms with Crippen LogP contribution in [0.1, 0.15) is 23.8 Å². The molecule has 0 radical (unpaired) electrons. The van der Waals surface area contributed by atoms with Crippen LogP contribution in [0.5, 0.6) is 5.75 Å². The molecule has 4 rings (SSSR count). The number of thioether (sulfide) groups is 1. The molecule has 0 bridgehead atoms. The zero-order valence-corrected chi connectivity index (χ0v) is 17.4. The smallest absolute Gasteiger partial charge is 0.267 e. The van der Waals surface area contributed by atoms with Crippen LogP contribution in [-0.2, 0) is 17.6 Å². The second-order valence-electron chi connectivity index (χ2n) is 6.99. The van der Waals surface area contributed by atoms with Gasteiger partial charge in [-0.15, -0.1) is 11.3 Å². The lowest BCUT2D eigenvalue weighted by atomic mass is 9.89. The van der Waals surface area contributed by atoms with Crippen molar-refractivity contribution in [2.24, 2.45) is 11.7 Å². The van der Waals surface area contributed by atoms with Gasteiger partial charge in [0.1, 0.15) is 10.6 Å². The fourth-order valence-corrected chi connectivity index (χ4v) is 5.80. The highest BCUT2D eigenvalue weighted by Crippen LogP contribution is 2.37. The number of carbonyl (C=O) groups excluding carboxylic acids is 1. The zero-order valence-electron chi connectivity index (χ0n) is 15.7. The quantitative estimate of drug-likeness (QED) is 0.511. The molecule has 0 unspecified atom stereocenters. The Balaban J connectivity index is 2.00. The molecule has 1 aliphatic rings. The van der Waals surface area contributed by atoms with Gasteiger partial charge in [0.05, 0.1) is 23.9 Å². The van der Waals surface area contributed by atoms with E-state index in [4.69, 9.17) is 15.5 Å². The first-order valence-corrected chi connectivity index (χ1v) is 10.9. The summed E-state index contributed by atoms with van der Waals surface area (Å²) >= 11 is 2.77. The number of ether oxygens (including phenoxy) is 1. The maximum atomic E-state index is 13.6. The third-order valence-corrected chi connectivity index (χ3v) is 7.08. The average Bonchev–Trinajstić information content (AvgIpc) is 3.03. The number of thiophene rings is 1. The third kappa shape index (κ3) is 3.31. The molecule has 1 atom stereocenters. The van der Waals surface area contributed by atoms with Crippen LogP contribution < -0.4 is 16.0 Å². The van der Waals surface area contributed by atoms with Gasteiger partial charge in [0.25, 0.3) is 5.56 Å². The van der Waals surface area contributed by atoms with E-state index in [2.05, 4.69) is 6.92 Å². The van der Waals surface area contributed by atoms with Crippen molar-refractivity contribution in [1.29, 1.82) is 0 Å². The highest BCUT2D eigenvalue weighted by molar-refractivity contribution is 7.99. The molecule has 0 spiro atoms. The number of aromatic nitrogens is 2. The monoisotopic (exact) mass is 415 g/mol. The lowest BCUT2D eigenvalue weighted by Gasteiger charge is -2.18. The van der Waals surface area contributed by atoms with Gasteiger partial charge in [0.15, 0.2) is 5.16 Å². The number of nitrogens with two attached hydrogens (primary N) is 1. The molecule has 6 nitrogen and oxygen atoms in total. The first-order valence-electron chi connectivity index (χ1n) is 9.11. The Kier molecular flexibility index (Phi) is 5.16. The van der Waals surface area contributed by atoms with Gasteiger partial charge in [-0.05, 0) is 42.9 Å². The van der Waals surface area contributed by atoms with E-state index in [1.165, 1.54) is 16.6 Å². The average molecular weight is 416 g/mol. The van der Waals surface area contributed by atoms with Gasteiger partial charge in [-0.1, -0.05) is 30.8 Å². The Bertz CT molecular complexity index is 1120. The minimum atomic E-state index is -0.453. The maximum absolute atomic E-state index is 13.6. The first-order chi connectivity index (χ1) is 13.5. The van der Waals surface area contributed by atoms with Crippen molar-refractivity contribution in [3.8, 4) is 11.4 Å². The number of benzene rings is 1. The van der Waals surface area contributed by atoms with E-state index in [1.54, 1.807) is 29.1 Å². The molecule has 2 heterocycles. The van der Waals surface area contributed by atoms with Gasteiger partial charge in [-0.3, -0.25) is 14.2 Å². The lowest BCUT2D eigenvalue weighted by Crippen LogP contribution is -2.24. The molecule has 146 valence electrons. The van der Waals surface area contributed by atoms with E-state index in [0.717, 1.165) is 29.7 Å². The van der Waals surface area contributed by atoms with Crippen molar-refractivity contribution < 1.29 is 9.53 Å². The Morgan fingerprint density at radius 2 is 2.21 bits per heavy atom. The molecule has 1 aromatic carbocycles. The number of para-hydroxylation sites is 2. The number of hydrogen-bond donors (Lipinski definition) is 1. The first kappa shape index (κ1) is 19.0. The summed E-state index contributed by atoms with van der Waals surface area (Å²) in [6.45, 7) is 2.24. The molecule has 2 N–H and O–H groups in total. The number of aryl methyl sites for hydroxylation is 1. The minimum Gasteiger partial charge on any atom is -0.495 e. The van der Waals surface area contributed by atoms with Gasteiger partial charge in [0.2, 0.25) is 5.91 Å². The molecule has 0 aliphatic heterocycles. The summed E-state index contributed by atoms with van der Waals surface area (Å²) < 4.78 is 7.03. The number of carbonyl (C=O) groups is 1. The fourth-order valence-electron chi connectivity index (χ4n) is 3.63. The van der Waals surface area contributed by atoms with Crippen molar-refractivity contribution >= 4 is 39.2 Å². The highest BCUT2D eigenvalue weighted by Gasteiger charge is 2.26. The SMILES string of the molecule is COc1ccccc1-n1c(SCC(N)=O)nc2sc3c(c2c1=O)CC[C@@H](C)C3. The number of hydrogen-bond acceptors (Lipinski definition) is 6. The minimum absolute atomic E-state index is 0.0508. The lowest BCUT2D eigenvalue weighted by molar-refractivity contribution is -0.115. The second kappa shape index (κ2) is 7.60. The van der Waals surface area contributed by atoms with Crippen LogP contribution in [0.4, 0.5) is 0 Å². The van der Waals surface area contributed by atoms with Crippen molar-refractivity contribution in [2.75, 3.05) is 12.9 Å². The number of rotatable bonds is 5. The van der Waals surface area contributed by atoms with Crippen molar-refractivity contribution in [3.63, 3.8) is 0 Å². The molecule has 1 aliphatic carbocycles. The third-order valence-electron chi connectivity index (χ3n) is 4.97. The number of amides is 1. The maximum Gasteiger partial charge on any atom is 0.267 e. The molecule has 2 aromatic heterocycles. The molecule has 1 amide bonds. The van der Waals surface area contributed by atoms with E-state index in [9.17, 15) is 9.59 Å². The van der Waals surface area contributed by atoms with E-state index in [-0.39, 0.29) is 11.3 Å². The molecule has 0 fully saturated rings. The van der Waals surface area contributed by atoms with Crippen molar-refractivity contribution in [2.45, 2.75) is 31.3 Å². The molecule has 3 aromatic rings. The van der Waals surface area contributed by atoms with Crippen LogP contribution in [-0.4, -0.2) is 28.3 Å². The summed E-state index contributed by atoms with van der Waals surface area (Å²) in [6, 6.07) is 7.33. The molecular formula is C20H21N3O3S2. The van der Waals surface area contributed by atoms with E-state index < -0.39 is 5.91 Å².